The Balaban J connectivity index is 1.95. The predicted molar refractivity (Wildman–Crippen MR) is 73.9 cm³/mol. The minimum atomic E-state index is -0.933. The SMILES string of the molecule is CCC(Oc1cccc2sc(C3CC3)nc12)C(=O)O. The van der Waals surface area contributed by atoms with E-state index < -0.39 is 12.1 Å². The van der Waals surface area contributed by atoms with E-state index in [1.165, 1.54) is 12.8 Å². The molecule has 3 rings (SSSR count). The molecule has 0 radical (unpaired) electrons. The van der Waals surface area contributed by atoms with E-state index in [0.717, 1.165) is 15.2 Å². The smallest absolute Gasteiger partial charge is 0.344 e. The Labute approximate surface area is 115 Å². The second kappa shape index (κ2) is 4.81. The zero-order valence-electron chi connectivity index (χ0n) is 10.6. The first-order chi connectivity index (χ1) is 9.19. The van der Waals surface area contributed by atoms with E-state index in [9.17, 15) is 4.79 Å². The zero-order chi connectivity index (χ0) is 13.4. The second-order valence-corrected chi connectivity index (χ2v) is 5.84. The lowest BCUT2D eigenvalue weighted by Gasteiger charge is -2.13. The van der Waals surface area contributed by atoms with E-state index in [2.05, 4.69) is 4.98 Å². The first-order valence-electron chi connectivity index (χ1n) is 6.48. The van der Waals surface area contributed by atoms with Crippen molar-refractivity contribution in [1.82, 2.24) is 4.98 Å². The molecule has 1 aliphatic rings. The summed E-state index contributed by atoms with van der Waals surface area (Å²) in [5.74, 6) is 0.249. The molecule has 0 spiro atoms. The van der Waals surface area contributed by atoms with Crippen molar-refractivity contribution in [3.8, 4) is 5.75 Å². The fourth-order valence-electron chi connectivity index (χ4n) is 2.00. The van der Waals surface area contributed by atoms with Gasteiger partial charge in [-0.1, -0.05) is 13.0 Å². The molecule has 1 N–H and O–H groups in total. The summed E-state index contributed by atoms with van der Waals surface area (Å²) in [6.45, 7) is 1.80. The van der Waals surface area contributed by atoms with Gasteiger partial charge in [0.2, 0.25) is 0 Å². The molecule has 0 aliphatic heterocycles. The molecule has 1 aliphatic carbocycles. The highest BCUT2D eigenvalue weighted by Gasteiger charge is 2.28. The van der Waals surface area contributed by atoms with Gasteiger partial charge in [0.15, 0.2) is 6.10 Å². The number of hydrogen-bond acceptors (Lipinski definition) is 4. The van der Waals surface area contributed by atoms with Crippen LogP contribution in [-0.4, -0.2) is 22.2 Å². The zero-order valence-corrected chi connectivity index (χ0v) is 11.4. The molecule has 1 saturated carbocycles. The van der Waals surface area contributed by atoms with Crippen molar-refractivity contribution in [2.75, 3.05) is 0 Å². The van der Waals surface area contributed by atoms with Crippen molar-refractivity contribution in [2.45, 2.75) is 38.2 Å². The van der Waals surface area contributed by atoms with E-state index in [0.29, 0.717) is 18.1 Å². The van der Waals surface area contributed by atoms with Gasteiger partial charge in [0, 0.05) is 5.92 Å². The molecule has 1 fully saturated rings. The van der Waals surface area contributed by atoms with Crippen LogP contribution in [0.2, 0.25) is 0 Å². The maximum atomic E-state index is 11.1. The molecule has 1 atom stereocenters. The molecule has 1 heterocycles. The number of para-hydroxylation sites is 1. The van der Waals surface area contributed by atoms with Crippen LogP contribution < -0.4 is 4.74 Å². The molecule has 1 unspecified atom stereocenters. The molecule has 1 aromatic carbocycles. The Morgan fingerprint density at radius 2 is 2.37 bits per heavy atom. The third-order valence-electron chi connectivity index (χ3n) is 3.24. The van der Waals surface area contributed by atoms with Gasteiger partial charge in [0.25, 0.3) is 0 Å². The Kier molecular flexibility index (Phi) is 3.14. The standard InChI is InChI=1S/C14H15NO3S/c1-2-9(14(16)17)18-10-4-3-5-11-12(10)15-13(19-11)8-6-7-8/h3-5,8-9H,2,6-7H2,1H3,(H,16,17). The largest absolute Gasteiger partial charge is 0.479 e. The Bertz CT molecular complexity index is 618. The summed E-state index contributed by atoms with van der Waals surface area (Å²) in [6, 6.07) is 5.69. The normalized spacial score (nSPS) is 16.5. The fraction of sp³-hybridized carbons (Fsp3) is 0.429. The maximum absolute atomic E-state index is 11.1. The van der Waals surface area contributed by atoms with E-state index in [-0.39, 0.29) is 0 Å². The number of rotatable bonds is 5. The monoisotopic (exact) mass is 277 g/mol. The second-order valence-electron chi connectivity index (χ2n) is 4.78. The summed E-state index contributed by atoms with van der Waals surface area (Å²) < 4.78 is 6.67. The summed E-state index contributed by atoms with van der Waals surface area (Å²) in [6.07, 6.45) is 2.05. The van der Waals surface area contributed by atoms with Crippen LogP contribution in [-0.2, 0) is 4.79 Å². The highest BCUT2D eigenvalue weighted by Crippen LogP contribution is 2.44. The lowest BCUT2D eigenvalue weighted by atomic mass is 10.2. The van der Waals surface area contributed by atoms with Crippen LogP contribution in [0.15, 0.2) is 18.2 Å². The van der Waals surface area contributed by atoms with Crippen molar-refractivity contribution in [1.29, 1.82) is 0 Å². The van der Waals surface area contributed by atoms with E-state index >= 15 is 0 Å². The molecule has 19 heavy (non-hydrogen) atoms. The van der Waals surface area contributed by atoms with Crippen molar-refractivity contribution in [3.63, 3.8) is 0 Å². The fourth-order valence-corrected chi connectivity index (χ4v) is 3.16. The Hall–Kier alpha value is -1.62. The average molecular weight is 277 g/mol. The van der Waals surface area contributed by atoms with Gasteiger partial charge < -0.3 is 9.84 Å². The average Bonchev–Trinajstić information content (AvgIpc) is 3.15. The number of ether oxygens (including phenoxy) is 1. The van der Waals surface area contributed by atoms with Crippen molar-refractivity contribution in [3.05, 3.63) is 23.2 Å². The molecule has 0 saturated heterocycles. The van der Waals surface area contributed by atoms with Gasteiger partial charge in [-0.2, -0.15) is 0 Å². The van der Waals surface area contributed by atoms with E-state index in [1.54, 1.807) is 24.3 Å². The molecular weight excluding hydrogens is 262 g/mol. The number of carbonyl (C=O) groups is 1. The highest BCUT2D eigenvalue weighted by molar-refractivity contribution is 7.18. The summed E-state index contributed by atoms with van der Waals surface area (Å²) in [7, 11) is 0. The Morgan fingerprint density at radius 1 is 1.58 bits per heavy atom. The molecule has 0 amide bonds. The molecule has 2 aromatic rings. The Morgan fingerprint density at radius 3 is 3.00 bits per heavy atom. The van der Waals surface area contributed by atoms with E-state index in [1.807, 2.05) is 12.1 Å². The summed E-state index contributed by atoms with van der Waals surface area (Å²) in [5, 5.41) is 10.2. The van der Waals surface area contributed by atoms with Gasteiger partial charge >= 0.3 is 5.97 Å². The van der Waals surface area contributed by atoms with Crippen molar-refractivity contribution in [2.24, 2.45) is 0 Å². The van der Waals surface area contributed by atoms with Crippen LogP contribution in [0.5, 0.6) is 5.75 Å². The van der Waals surface area contributed by atoms with Gasteiger partial charge in [-0.05, 0) is 31.4 Å². The third-order valence-corrected chi connectivity index (χ3v) is 4.42. The van der Waals surface area contributed by atoms with Gasteiger partial charge in [-0.3, -0.25) is 0 Å². The van der Waals surface area contributed by atoms with Gasteiger partial charge in [-0.25, -0.2) is 9.78 Å². The van der Waals surface area contributed by atoms with Crippen LogP contribution in [0, 0.1) is 0 Å². The number of fused-ring (bicyclic) bond motifs is 1. The minimum absolute atomic E-state index is 0.436. The number of aromatic nitrogens is 1. The third kappa shape index (κ3) is 2.42. The maximum Gasteiger partial charge on any atom is 0.344 e. The number of carboxylic acids is 1. The van der Waals surface area contributed by atoms with Crippen LogP contribution in [0.25, 0.3) is 10.2 Å². The number of thiazole rings is 1. The molecule has 1 aromatic heterocycles. The topological polar surface area (TPSA) is 59.4 Å². The molecule has 5 heteroatoms. The first kappa shape index (κ1) is 12.4. The first-order valence-corrected chi connectivity index (χ1v) is 7.29. The molecular formula is C14H15NO3S. The number of nitrogens with zero attached hydrogens (tertiary/aromatic N) is 1. The highest BCUT2D eigenvalue weighted by atomic mass is 32.1. The van der Waals surface area contributed by atoms with E-state index in [4.69, 9.17) is 9.84 Å². The van der Waals surface area contributed by atoms with Gasteiger partial charge in [0.1, 0.15) is 11.3 Å². The molecule has 100 valence electrons. The molecule has 0 bridgehead atoms. The molecule has 4 nitrogen and oxygen atoms in total. The van der Waals surface area contributed by atoms with Crippen LogP contribution in [0.3, 0.4) is 0 Å². The number of carboxylic acid groups (broad SMARTS) is 1. The number of benzene rings is 1. The van der Waals surface area contributed by atoms with Crippen LogP contribution in [0.4, 0.5) is 0 Å². The van der Waals surface area contributed by atoms with Gasteiger partial charge in [-0.15, -0.1) is 11.3 Å². The minimum Gasteiger partial charge on any atom is -0.479 e. The summed E-state index contributed by atoms with van der Waals surface area (Å²) >= 11 is 1.69. The van der Waals surface area contributed by atoms with Gasteiger partial charge in [0.05, 0.1) is 9.71 Å². The summed E-state index contributed by atoms with van der Waals surface area (Å²) in [4.78, 5) is 15.7. The van der Waals surface area contributed by atoms with Crippen molar-refractivity contribution >= 4 is 27.5 Å². The number of aliphatic carboxylic acids is 1. The van der Waals surface area contributed by atoms with Crippen LogP contribution in [0.1, 0.15) is 37.1 Å². The quantitative estimate of drug-likeness (QED) is 0.909. The lowest BCUT2D eigenvalue weighted by Crippen LogP contribution is -2.25. The lowest BCUT2D eigenvalue weighted by molar-refractivity contribution is -0.145. The number of hydrogen-bond donors (Lipinski definition) is 1. The summed E-state index contributed by atoms with van der Waals surface area (Å²) in [5.41, 5.74) is 0.800. The predicted octanol–water partition coefficient (Wildman–Crippen LogP) is 3.42. The van der Waals surface area contributed by atoms with Crippen LogP contribution >= 0.6 is 11.3 Å². The van der Waals surface area contributed by atoms with Crippen molar-refractivity contribution < 1.29 is 14.6 Å².